The van der Waals surface area contributed by atoms with Crippen LogP contribution in [0.3, 0.4) is 0 Å². The number of pyridine rings is 1. The summed E-state index contributed by atoms with van der Waals surface area (Å²) >= 11 is 0. The van der Waals surface area contributed by atoms with Crippen LogP contribution in [0.15, 0.2) is 17.3 Å². The first-order valence-electron chi connectivity index (χ1n) is 5.11. The molecule has 0 radical (unpaired) electrons. The van der Waals surface area contributed by atoms with Gasteiger partial charge in [0.1, 0.15) is 0 Å². The molecule has 0 saturated heterocycles. The molecule has 1 heterocycles. The van der Waals surface area contributed by atoms with Crippen molar-refractivity contribution in [2.24, 2.45) is 10.9 Å². The normalized spacial score (nSPS) is 12.5. The van der Waals surface area contributed by atoms with E-state index in [-0.39, 0.29) is 0 Å². The van der Waals surface area contributed by atoms with E-state index < -0.39 is 47.0 Å². The smallest absolute Gasteiger partial charge is 0.340 e. The Kier molecular flexibility index (Phi) is 4.84. The molecule has 1 aromatic heterocycles. The Labute approximate surface area is 114 Å². The van der Waals surface area contributed by atoms with E-state index in [2.05, 4.69) is 14.9 Å². The molecule has 0 amide bonds. The van der Waals surface area contributed by atoms with E-state index in [1.807, 2.05) is 0 Å². The van der Waals surface area contributed by atoms with E-state index in [9.17, 15) is 27.7 Å². The van der Waals surface area contributed by atoms with Crippen molar-refractivity contribution in [3.63, 3.8) is 0 Å². The summed E-state index contributed by atoms with van der Waals surface area (Å²) in [5, 5.41) is 21.6. The van der Waals surface area contributed by atoms with Gasteiger partial charge in [0.05, 0.1) is 4.92 Å². The van der Waals surface area contributed by atoms with Gasteiger partial charge in [-0.25, -0.2) is 13.8 Å². The second kappa shape index (κ2) is 6.19. The van der Waals surface area contributed by atoms with Crippen LogP contribution in [0.5, 0.6) is 5.88 Å². The zero-order valence-electron chi connectivity index (χ0n) is 10.0. The van der Waals surface area contributed by atoms with Crippen LogP contribution in [0.25, 0.3) is 0 Å². The number of alkyl halides is 4. The Bertz CT molecular complexity index is 567. The molecule has 0 spiro atoms. The standard InChI is InChI=1S/C9H8F4N4O4/c10-8(11)9(12,13)3-21-5-2-1-4(17(19)20)6(15-5)7(14)16-18/h1-2,8,18H,3H2,(H2,14,16). The first kappa shape index (κ1) is 16.4. The quantitative estimate of drug-likeness (QED) is 0.204. The monoisotopic (exact) mass is 312 g/mol. The lowest BCUT2D eigenvalue weighted by Crippen LogP contribution is -2.34. The molecule has 0 aliphatic rings. The molecule has 116 valence electrons. The maximum absolute atomic E-state index is 12.7. The average molecular weight is 312 g/mol. The predicted molar refractivity (Wildman–Crippen MR) is 59.8 cm³/mol. The SMILES string of the molecule is N/C(=N/O)c1nc(OCC(F)(F)C(F)F)ccc1[N+](=O)[O-]. The van der Waals surface area contributed by atoms with Crippen LogP contribution in [-0.4, -0.2) is 39.9 Å². The maximum atomic E-state index is 12.7. The molecule has 0 atom stereocenters. The van der Waals surface area contributed by atoms with Crippen molar-refractivity contribution in [2.45, 2.75) is 12.3 Å². The summed E-state index contributed by atoms with van der Waals surface area (Å²) in [7, 11) is 0. The first-order valence-corrected chi connectivity index (χ1v) is 5.11. The van der Waals surface area contributed by atoms with Crippen molar-refractivity contribution in [3.05, 3.63) is 27.9 Å². The molecule has 1 rings (SSSR count). The third-order valence-corrected chi connectivity index (χ3v) is 2.13. The molecule has 12 heteroatoms. The predicted octanol–water partition coefficient (Wildman–Crippen LogP) is 1.36. The molecule has 0 bridgehead atoms. The molecular formula is C9H8F4N4O4. The molecule has 21 heavy (non-hydrogen) atoms. The van der Waals surface area contributed by atoms with Crippen LogP contribution in [0.1, 0.15) is 5.69 Å². The summed E-state index contributed by atoms with van der Waals surface area (Å²) in [6.45, 7) is -1.69. The lowest BCUT2D eigenvalue weighted by molar-refractivity contribution is -0.385. The number of hydrogen-bond donors (Lipinski definition) is 2. The Hall–Kier alpha value is -2.66. The second-order valence-corrected chi connectivity index (χ2v) is 3.61. The fourth-order valence-electron chi connectivity index (χ4n) is 1.13. The van der Waals surface area contributed by atoms with Gasteiger partial charge in [-0.2, -0.15) is 8.78 Å². The molecule has 0 aliphatic carbocycles. The van der Waals surface area contributed by atoms with Gasteiger partial charge < -0.3 is 15.7 Å². The number of nitro groups is 1. The number of halogens is 4. The van der Waals surface area contributed by atoms with Crippen molar-refractivity contribution in [3.8, 4) is 5.88 Å². The third-order valence-electron chi connectivity index (χ3n) is 2.13. The summed E-state index contributed by atoms with van der Waals surface area (Å²) in [4.78, 5) is 13.1. The molecule has 0 saturated carbocycles. The van der Waals surface area contributed by atoms with E-state index in [1.54, 1.807) is 0 Å². The van der Waals surface area contributed by atoms with Crippen molar-refractivity contribution in [1.29, 1.82) is 0 Å². The highest BCUT2D eigenvalue weighted by molar-refractivity contribution is 5.98. The zero-order chi connectivity index (χ0) is 16.2. The summed E-state index contributed by atoms with van der Waals surface area (Å²) in [5.74, 6) is -5.81. The van der Waals surface area contributed by atoms with Gasteiger partial charge in [0.15, 0.2) is 18.1 Å². The van der Waals surface area contributed by atoms with Gasteiger partial charge in [-0.3, -0.25) is 10.1 Å². The Morgan fingerprint density at radius 2 is 2.19 bits per heavy atom. The van der Waals surface area contributed by atoms with Crippen LogP contribution < -0.4 is 10.5 Å². The van der Waals surface area contributed by atoms with Crippen molar-refractivity contribution < 1.29 is 32.4 Å². The molecule has 3 N–H and O–H groups in total. The Morgan fingerprint density at radius 1 is 1.57 bits per heavy atom. The topological polar surface area (TPSA) is 124 Å². The van der Waals surface area contributed by atoms with E-state index >= 15 is 0 Å². The molecule has 0 aromatic carbocycles. The van der Waals surface area contributed by atoms with Gasteiger partial charge >= 0.3 is 12.3 Å². The van der Waals surface area contributed by atoms with Crippen molar-refractivity contribution >= 4 is 11.5 Å². The number of aromatic nitrogens is 1. The van der Waals surface area contributed by atoms with E-state index in [0.29, 0.717) is 0 Å². The Balaban J connectivity index is 3.04. The lowest BCUT2D eigenvalue weighted by atomic mass is 10.3. The highest BCUT2D eigenvalue weighted by atomic mass is 19.3. The van der Waals surface area contributed by atoms with Crippen LogP contribution in [0, 0.1) is 10.1 Å². The lowest BCUT2D eigenvalue weighted by Gasteiger charge is -2.15. The van der Waals surface area contributed by atoms with Crippen LogP contribution >= 0.6 is 0 Å². The number of nitrogens with zero attached hydrogens (tertiary/aromatic N) is 3. The fraction of sp³-hybridized carbons (Fsp3) is 0.333. The zero-order valence-corrected chi connectivity index (χ0v) is 10.0. The highest BCUT2D eigenvalue weighted by Crippen LogP contribution is 2.25. The molecule has 0 aliphatic heterocycles. The highest BCUT2D eigenvalue weighted by Gasteiger charge is 2.42. The minimum atomic E-state index is -4.42. The maximum Gasteiger partial charge on any atom is 0.340 e. The molecule has 1 aromatic rings. The van der Waals surface area contributed by atoms with Crippen molar-refractivity contribution in [1.82, 2.24) is 4.98 Å². The van der Waals surface area contributed by atoms with E-state index in [0.717, 1.165) is 12.1 Å². The number of nitrogens with two attached hydrogens (primary N) is 1. The minimum absolute atomic E-state index is 0.623. The fourth-order valence-corrected chi connectivity index (χ4v) is 1.13. The molecule has 0 unspecified atom stereocenters. The van der Waals surface area contributed by atoms with Gasteiger partial charge in [0.25, 0.3) is 5.69 Å². The summed E-state index contributed by atoms with van der Waals surface area (Å²) in [5.41, 5.74) is 3.81. The minimum Gasteiger partial charge on any atom is -0.471 e. The van der Waals surface area contributed by atoms with Gasteiger partial charge in [0, 0.05) is 12.1 Å². The average Bonchev–Trinajstić information content (AvgIpc) is 2.43. The van der Waals surface area contributed by atoms with Crippen LogP contribution in [0.4, 0.5) is 23.2 Å². The molecule has 8 nitrogen and oxygen atoms in total. The Morgan fingerprint density at radius 3 is 2.67 bits per heavy atom. The van der Waals surface area contributed by atoms with E-state index in [4.69, 9.17) is 10.9 Å². The van der Waals surface area contributed by atoms with Gasteiger partial charge in [-0.1, -0.05) is 5.16 Å². The van der Waals surface area contributed by atoms with E-state index in [1.165, 1.54) is 0 Å². The first-order chi connectivity index (χ1) is 9.69. The number of oxime groups is 1. The van der Waals surface area contributed by atoms with Crippen LogP contribution in [0.2, 0.25) is 0 Å². The summed E-state index contributed by atoms with van der Waals surface area (Å²) in [6.07, 6.45) is -3.95. The van der Waals surface area contributed by atoms with Gasteiger partial charge in [-0.05, 0) is 0 Å². The largest absolute Gasteiger partial charge is 0.471 e. The number of hydrogen-bond acceptors (Lipinski definition) is 6. The van der Waals surface area contributed by atoms with Gasteiger partial charge in [-0.15, -0.1) is 0 Å². The second-order valence-electron chi connectivity index (χ2n) is 3.61. The third kappa shape index (κ3) is 3.90. The summed E-state index contributed by atoms with van der Waals surface area (Å²) < 4.78 is 53.5. The van der Waals surface area contributed by atoms with Gasteiger partial charge in [0.2, 0.25) is 5.88 Å². The van der Waals surface area contributed by atoms with Crippen LogP contribution in [-0.2, 0) is 0 Å². The van der Waals surface area contributed by atoms with Crippen molar-refractivity contribution in [2.75, 3.05) is 6.61 Å². The molecule has 0 fully saturated rings. The summed E-state index contributed by atoms with van der Waals surface area (Å²) in [6, 6.07) is 1.60. The molecular weight excluding hydrogens is 304 g/mol. The number of amidine groups is 1. The number of rotatable bonds is 6. The number of ether oxygens (including phenoxy) is 1.